The Bertz CT molecular complexity index is 624. The average molecular weight is 310 g/mol. The summed E-state index contributed by atoms with van der Waals surface area (Å²) >= 11 is 12.0. The van der Waals surface area contributed by atoms with Gasteiger partial charge in [-0.2, -0.15) is 0 Å². The van der Waals surface area contributed by atoms with Crippen molar-refractivity contribution in [1.82, 2.24) is 0 Å². The molecule has 104 valence electrons. The van der Waals surface area contributed by atoms with Crippen LogP contribution >= 0.6 is 23.2 Å². The van der Waals surface area contributed by atoms with Crippen molar-refractivity contribution >= 4 is 28.9 Å². The van der Waals surface area contributed by atoms with E-state index in [1.54, 1.807) is 18.2 Å². The van der Waals surface area contributed by atoms with Crippen molar-refractivity contribution < 1.29 is 4.39 Å². The van der Waals surface area contributed by atoms with Gasteiger partial charge >= 0.3 is 0 Å². The first kappa shape index (κ1) is 13.7. The zero-order valence-corrected chi connectivity index (χ0v) is 12.3. The third-order valence-electron chi connectivity index (χ3n) is 3.79. The molecule has 0 radical (unpaired) electrons. The Hall–Kier alpha value is -1.25. The van der Waals surface area contributed by atoms with E-state index in [0.717, 1.165) is 17.9 Å². The van der Waals surface area contributed by atoms with Gasteiger partial charge in [-0.05, 0) is 42.5 Å². The van der Waals surface area contributed by atoms with Crippen LogP contribution in [0, 0.1) is 5.82 Å². The molecule has 0 saturated heterocycles. The van der Waals surface area contributed by atoms with Crippen molar-refractivity contribution in [3.8, 4) is 0 Å². The molecule has 0 amide bonds. The number of halogens is 3. The SMILES string of the molecule is Fc1c(Cl)cccc1NC1CC(c2ccccc2Cl)C1. The van der Waals surface area contributed by atoms with Gasteiger partial charge in [0.05, 0.1) is 10.7 Å². The van der Waals surface area contributed by atoms with E-state index in [1.807, 2.05) is 18.2 Å². The van der Waals surface area contributed by atoms with E-state index in [1.165, 1.54) is 5.56 Å². The lowest BCUT2D eigenvalue weighted by molar-refractivity contribution is 0.373. The minimum absolute atomic E-state index is 0.150. The number of rotatable bonds is 3. The fourth-order valence-electron chi connectivity index (χ4n) is 2.63. The Morgan fingerprint density at radius 3 is 2.40 bits per heavy atom. The summed E-state index contributed by atoms with van der Waals surface area (Å²) in [7, 11) is 0. The third kappa shape index (κ3) is 2.63. The van der Waals surface area contributed by atoms with Gasteiger partial charge in [-0.25, -0.2) is 4.39 Å². The van der Waals surface area contributed by atoms with Gasteiger partial charge in [0.1, 0.15) is 0 Å². The van der Waals surface area contributed by atoms with Crippen LogP contribution in [0.5, 0.6) is 0 Å². The molecule has 4 heteroatoms. The monoisotopic (exact) mass is 309 g/mol. The summed E-state index contributed by atoms with van der Waals surface area (Å²) < 4.78 is 13.8. The molecule has 1 aliphatic rings. The minimum Gasteiger partial charge on any atom is -0.380 e. The first-order chi connectivity index (χ1) is 9.65. The Balaban J connectivity index is 1.64. The lowest BCUT2D eigenvalue weighted by atomic mass is 9.76. The van der Waals surface area contributed by atoms with Gasteiger partial charge < -0.3 is 5.32 Å². The molecule has 0 unspecified atom stereocenters. The Morgan fingerprint density at radius 1 is 0.950 bits per heavy atom. The predicted molar refractivity (Wildman–Crippen MR) is 82.2 cm³/mol. The van der Waals surface area contributed by atoms with Crippen LogP contribution in [0.25, 0.3) is 0 Å². The van der Waals surface area contributed by atoms with Gasteiger partial charge in [-0.1, -0.05) is 47.5 Å². The summed E-state index contributed by atoms with van der Waals surface area (Å²) in [5.74, 6) is 0.0683. The molecule has 0 heterocycles. The van der Waals surface area contributed by atoms with Crippen LogP contribution in [0.15, 0.2) is 42.5 Å². The van der Waals surface area contributed by atoms with Crippen molar-refractivity contribution in [3.05, 3.63) is 63.9 Å². The predicted octanol–water partition coefficient (Wildman–Crippen LogP) is 5.49. The van der Waals surface area contributed by atoms with Gasteiger partial charge in [-0.3, -0.25) is 0 Å². The topological polar surface area (TPSA) is 12.0 Å². The molecule has 20 heavy (non-hydrogen) atoms. The van der Waals surface area contributed by atoms with Crippen molar-refractivity contribution in [2.24, 2.45) is 0 Å². The minimum atomic E-state index is -0.379. The molecule has 0 atom stereocenters. The first-order valence-electron chi connectivity index (χ1n) is 6.60. The van der Waals surface area contributed by atoms with Crippen LogP contribution in [0.4, 0.5) is 10.1 Å². The summed E-state index contributed by atoms with van der Waals surface area (Å²) in [4.78, 5) is 0. The van der Waals surface area contributed by atoms with Gasteiger partial charge in [-0.15, -0.1) is 0 Å². The van der Waals surface area contributed by atoms with Gasteiger partial charge in [0, 0.05) is 11.1 Å². The second-order valence-corrected chi connectivity index (χ2v) is 5.95. The van der Waals surface area contributed by atoms with E-state index in [-0.39, 0.29) is 16.9 Å². The van der Waals surface area contributed by atoms with Crippen LogP contribution in [0.2, 0.25) is 10.0 Å². The number of hydrogen-bond donors (Lipinski definition) is 1. The summed E-state index contributed by atoms with van der Waals surface area (Å²) in [6.45, 7) is 0. The largest absolute Gasteiger partial charge is 0.380 e. The van der Waals surface area contributed by atoms with Crippen molar-refractivity contribution in [2.45, 2.75) is 24.8 Å². The van der Waals surface area contributed by atoms with Crippen LogP contribution in [-0.4, -0.2) is 6.04 Å². The molecule has 2 aromatic rings. The molecule has 3 rings (SSSR count). The molecule has 2 aromatic carbocycles. The molecule has 0 bridgehead atoms. The average Bonchev–Trinajstić information content (AvgIpc) is 2.39. The van der Waals surface area contributed by atoms with Crippen molar-refractivity contribution in [1.29, 1.82) is 0 Å². The summed E-state index contributed by atoms with van der Waals surface area (Å²) in [6, 6.07) is 13.2. The summed E-state index contributed by atoms with van der Waals surface area (Å²) in [6.07, 6.45) is 1.91. The van der Waals surface area contributed by atoms with E-state index in [2.05, 4.69) is 11.4 Å². The smallest absolute Gasteiger partial charge is 0.164 e. The number of nitrogens with one attached hydrogen (secondary N) is 1. The number of anilines is 1. The molecule has 1 N–H and O–H groups in total. The van der Waals surface area contributed by atoms with Crippen molar-refractivity contribution in [2.75, 3.05) is 5.32 Å². The molecule has 0 spiro atoms. The lowest BCUT2D eigenvalue weighted by Crippen LogP contribution is -2.34. The lowest BCUT2D eigenvalue weighted by Gasteiger charge is -2.37. The Kier molecular flexibility index (Phi) is 3.86. The maximum Gasteiger partial charge on any atom is 0.164 e. The zero-order chi connectivity index (χ0) is 14.1. The highest BCUT2D eigenvalue weighted by Crippen LogP contribution is 2.41. The molecule has 1 aliphatic carbocycles. The second-order valence-electron chi connectivity index (χ2n) is 5.13. The van der Waals surface area contributed by atoms with Crippen LogP contribution < -0.4 is 5.32 Å². The third-order valence-corrected chi connectivity index (χ3v) is 4.43. The molecular weight excluding hydrogens is 296 g/mol. The highest BCUT2D eigenvalue weighted by molar-refractivity contribution is 6.31. The number of benzene rings is 2. The summed E-state index contributed by atoms with van der Waals surface area (Å²) in [5, 5.41) is 4.16. The van der Waals surface area contributed by atoms with Crippen LogP contribution in [0.1, 0.15) is 24.3 Å². The zero-order valence-electron chi connectivity index (χ0n) is 10.7. The summed E-state index contributed by atoms with van der Waals surface area (Å²) in [5.41, 5.74) is 1.65. The fourth-order valence-corrected chi connectivity index (χ4v) is 3.10. The highest BCUT2D eigenvalue weighted by Gasteiger charge is 2.31. The van der Waals surface area contributed by atoms with E-state index in [4.69, 9.17) is 23.2 Å². The molecule has 1 fully saturated rings. The normalized spacial score (nSPS) is 21.4. The van der Waals surface area contributed by atoms with Gasteiger partial charge in [0.25, 0.3) is 0 Å². The second kappa shape index (κ2) is 5.63. The molecule has 0 aliphatic heterocycles. The van der Waals surface area contributed by atoms with E-state index in [9.17, 15) is 4.39 Å². The van der Waals surface area contributed by atoms with E-state index < -0.39 is 0 Å². The fraction of sp³-hybridized carbons (Fsp3) is 0.250. The van der Waals surface area contributed by atoms with Crippen LogP contribution in [0.3, 0.4) is 0 Å². The van der Waals surface area contributed by atoms with Gasteiger partial charge in [0.2, 0.25) is 0 Å². The Labute approximate surface area is 127 Å². The highest BCUT2D eigenvalue weighted by atomic mass is 35.5. The van der Waals surface area contributed by atoms with E-state index >= 15 is 0 Å². The molecule has 1 nitrogen and oxygen atoms in total. The van der Waals surface area contributed by atoms with Crippen LogP contribution in [-0.2, 0) is 0 Å². The Morgan fingerprint density at radius 2 is 1.65 bits per heavy atom. The maximum atomic E-state index is 13.8. The first-order valence-corrected chi connectivity index (χ1v) is 7.35. The molecular formula is C16H14Cl2FN. The van der Waals surface area contributed by atoms with Crippen molar-refractivity contribution in [3.63, 3.8) is 0 Å². The number of hydrogen-bond acceptors (Lipinski definition) is 1. The maximum absolute atomic E-state index is 13.8. The van der Waals surface area contributed by atoms with Gasteiger partial charge in [0.15, 0.2) is 5.82 Å². The molecule has 1 saturated carbocycles. The standard InChI is InChI=1S/C16H14Cl2FN/c17-13-5-2-1-4-12(13)10-8-11(9-10)20-15-7-3-6-14(18)16(15)19/h1-7,10-11,20H,8-9H2. The quantitative estimate of drug-likeness (QED) is 0.790. The molecule has 0 aromatic heterocycles. The van der Waals surface area contributed by atoms with E-state index in [0.29, 0.717) is 11.6 Å².